The molecule has 0 radical (unpaired) electrons. The third-order valence-electron chi connectivity index (χ3n) is 5.96. The van der Waals surface area contributed by atoms with Crippen LogP contribution in [0.2, 0.25) is 0 Å². The summed E-state index contributed by atoms with van der Waals surface area (Å²) in [7, 11) is 0. The largest absolute Gasteiger partial charge is 0.448 e. The van der Waals surface area contributed by atoms with Crippen LogP contribution in [0, 0.1) is 0 Å². The van der Waals surface area contributed by atoms with Gasteiger partial charge in [0.05, 0.1) is 6.04 Å². The molecule has 28 heavy (non-hydrogen) atoms. The molecule has 1 aliphatic carbocycles. The van der Waals surface area contributed by atoms with Crippen LogP contribution in [-0.2, 0) is 4.74 Å². The first-order valence-electron chi connectivity index (χ1n) is 9.90. The molecule has 1 saturated heterocycles. The Morgan fingerprint density at radius 3 is 2.21 bits per heavy atom. The molecule has 0 atom stereocenters. The third kappa shape index (κ3) is 2.97. The van der Waals surface area contributed by atoms with E-state index in [2.05, 4.69) is 53.6 Å². The number of likely N-dealkylation sites (tertiary alicyclic amines) is 1. The van der Waals surface area contributed by atoms with Gasteiger partial charge in [0, 0.05) is 31.4 Å². The third-order valence-corrected chi connectivity index (χ3v) is 5.96. The second kappa shape index (κ2) is 7.15. The van der Waals surface area contributed by atoms with Gasteiger partial charge in [-0.25, -0.2) is 4.79 Å². The number of carbonyl (C=O) groups excluding carboxylic acids is 1. The summed E-state index contributed by atoms with van der Waals surface area (Å²) in [5.41, 5.74) is 4.99. The number of ether oxygens (including phenoxy) is 1. The molecule has 3 aromatic rings. The maximum absolute atomic E-state index is 12.7. The van der Waals surface area contributed by atoms with E-state index in [1.807, 2.05) is 21.8 Å². The Morgan fingerprint density at radius 2 is 1.61 bits per heavy atom. The summed E-state index contributed by atoms with van der Waals surface area (Å²) in [6.07, 6.45) is 5.41. The Hall–Kier alpha value is -3.08. The minimum absolute atomic E-state index is 0.109. The van der Waals surface area contributed by atoms with E-state index in [9.17, 15) is 4.79 Å². The lowest BCUT2D eigenvalue weighted by Crippen LogP contribution is -2.39. The zero-order valence-electron chi connectivity index (χ0n) is 15.7. The molecular weight excluding hydrogens is 350 g/mol. The summed E-state index contributed by atoms with van der Waals surface area (Å²) in [6.45, 7) is 1.80. The van der Waals surface area contributed by atoms with E-state index in [4.69, 9.17) is 4.74 Å². The van der Waals surface area contributed by atoms with Crippen LogP contribution >= 0.6 is 0 Å². The van der Waals surface area contributed by atoms with Gasteiger partial charge in [0.2, 0.25) is 0 Å². The highest BCUT2D eigenvalue weighted by atomic mass is 16.6. The SMILES string of the molecule is O=C(OCC1c2ccccc2-c2ccccc21)N1CCC(n2cccn2)CC1. The number of nitrogens with zero attached hydrogens (tertiary/aromatic N) is 3. The molecule has 1 amide bonds. The highest BCUT2D eigenvalue weighted by Crippen LogP contribution is 2.44. The van der Waals surface area contributed by atoms with Gasteiger partial charge in [-0.2, -0.15) is 5.10 Å². The molecule has 5 heteroatoms. The molecule has 2 aromatic carbocycles. The maximum atomic E-state index is 12.7. The number of carbonyl (C=O) groups is 1. The van der Waals surface area contributed by atoms with Crippen LogP contribution in [0.3, 0.4) is 0 Å². The number of hydrogen-bond donors (Lipinski definition) is 0. The fourth-order valence-electron chi connectivity index (χ4n) is 4.49. The van der Waals surface area contributed by atoms with Crippen LogP contribution in [0.25, 0.3) is 11.1 Å². The standard InChI is InChI=1S/C23H23N3O2/c27-23(25-14-10-17(11-15-25)26-13-5-12-24-26)28-16-22-20-8-3-1-6-18(20)19-7-2-4-9-21(19)22/h1-9,12-13,17,22H,10-11,14-16H2. The van der Waals surface area contributed by atoms with Crippen molar-refractivity contribution in [2.75, 3.05) is 19.7 Å². The number of benzene rings is 2. The Morgan fingerprint density at radius 1 is 0.964 bits per heavy atom. The summed E-state index contributed by atoms with van der Waals surface area (Å²) >= 11 is 0. The summed E-state index contributed by atoms with van der Waals surface area (Å²) in [5, 5.41) is 4.32. The van der Waals surface area contributed by atoms with Gasteiger partial charge >= 0.3 is 6.09 Å². The number of rotatable bonds is 3. The van der Waals surface area contributed by atoms with Crippen molar-refractivity contribution in [1.82, 2.24) is 14.7 Å². The highest BCUT2D eigenvalue weighted by Gasteiger charge is 2.30. The van der Waals surface area contributed by atoms with Crippen molar-refractivity contribution in [1.29, 1.82) is 0 Å². The Labute approximate surface area is 164 Å². The van der Waals surface area contributed by atoms with Crippen molar-refractivity contribution in [2.24, 2.45) is 0 Å². The van der Waals surface area contributed by atoms with E-state index >= 15 is 0 Å². The van der Waals surface area contributed by atoms with E-state index < -0.39 is 0 Å². The molecule has 0 unspecified atom stereocenters. The topological polar surface area (TPSA) is 47.4 Å². The number of piperidine rings is 1. The molecule has 1 aliphatic heterocycles. The van der Waals surface area contributed by atoms with Gasteiger partial charge in [0.1, 0.15) is 6.61 Å². The van der Waals surface area contributed by atoms with Crippen molar-refractivity contribution in [3.05, 3.63) is 78.1 Å². The van der Waals surface area contributed by atoms with Gasteiger partial charge in [-0.1, -0.05) is 48.5 Å². The fraction of sp³-hybridized carbons (Fsp3) is 0.304. The molecule has 1 aromatic heterocycles. The molecule has 0 spiro atoms. The smallest absolute Gasteiger partial charge is 0.409 e. The van der Waals surface area contributed by atoms with Crippen LogP contribution in [0.5, 0.6) is 0 Å². The van der Waals surface area contributed by atoms with E-state index in [1.165, 1.54) is 22.3 Å². The van der Waals surface area contributed by atoms with E-state index in [1.54, 1.807) is 6.20 Å². The van der Waals surface area contributed by atoms with Crippen molar-refractivity contribution in [3.63, 3.8) is 0 Å². The predicted molar refractivity (Wildman–Crippen MR) is 107 cm³/mol. The summed E-state index contributed by atoms with van der Waals surface area (Å²) in [6, 6.07) is 19.1. The highest BCUT2D eigenvalue weighted by molar-refractivity contribution is 5.79. The van der Waals surface area contributed by atoms with Crippen molar-refractivity contribution < 1.29 is 9.53 Å². The lowest BCUT2D eigenvalue weighted by atomic mass is 9.98. The maximum Gasteiger partial charge on any atom is 0.409 e. The van der Waals surface area contributed by atoms with Crippen molar-refractivity contribution in [2.45, 2.75) is 24.8 Å². The summed E-state index contributed by atoms with van der Waals surface area (Å²) in [4.78, 5) is 14.5. The molecule has 0 bridgehead atoms. The van der Waals surface area contributed by atoms with Gasteiger partial charge in [-0.05, 0) is 41.2 Å². The van der Waals surface area contributed by atoms with Gasteiger partial charge < -0.3 is 9.64 Å². The Bertz CT molecular complexity index is 930. The van der Waals surface area contributed by atoms with Crippen molar-refractivity contribution in [3.8, 4) is 11.1 Å². The van der Waals surface area contributed by atoms with Crippen LogP contribution in [0.15, 0.2) is 67.0 Å². The van der Waals surface area contributed by atoms with Gasteiger partial charge in [-0.3, -0.25) is 4.68 Å². The molecular formula is C23H23N3O2. The van der Waals surface area contributed by atoms with E-state index in [0.29, 0.717) is 25.7 Å². The number of amides is 1. The van der Waals surface area contributed by atoms with Gasteiger partial charge in [-0.15, -0.1) is 0 Å². The van der Waals surface area contributed by atoms with E-state index in [-0.39, 0.29) is 12.0 Å². The molecule has 2 aliphatic rings. The first-order chi connectivity index (χ1) is 13.8. The average Bonchev–Trinajstić information content (AvgIpc) is 3.39. The predicted octanol–water partition coefficient (Wildman–Crippen LogP) is 4.47. The molecule has 5 rings (SSSR count). The molecule has 2 heterocycles. The fourth-order valence-corrected chi connectivity index (χ4v) is 4.49. The van der Waals surface area contributed by atoms with Crippen LogP contribution in [0.1, 0.15) is 35.9 Å². The lowest BCUT2D eigenvalue weighted by molar-refractivity contribution is 0.0854. The summed E-state index contributed by atoms with van der Waals surface area (Å²) < 4.78 is 7.76. The number of aromatic nitrogens is 2. The first kappa shape index (κ1) is 17.0. The lowest BCUT2D eigenvalue weighted by Gasteiger charge is -2.31. The molecule has 0 saturated carbocycles. The van der Waals surface area contributed by atoms with Gasteiger partial charge in [0.15, 0.2) is 0 Å². The Kier molecular flexibility index (Phi) is 4.35. The second-order valence-electron chi connectivity index (χ2n) is 7.51. The first-order valence-corrected chi connectivity index (χ1v) is 9.90. The number of hydrogen-bond acceptors (Lipinski definition) is 3. The summed E-state index contributed by atoms with van der Waals surface area (Å²) in [5.74, 6) is 0.109. The molecule has 5 nitrogen and oxygen atoms in total. The zero-order valence-corrected chi connectivity index (χ0v) is 15.7. The number of fused-ring (bicyclic) bond motifs is 3. The monoisotopic (exact) mass is 373 g/mol. The normalized spacial score (nSPS) is 16.6. The quantitative estimate of drug-likeness (QED) is 0.681. The van der Waals surface area contributed by atoms with Crippen LogP contribution in [-0.4, -0.2) is 40.5 Å². The minimum atomic E-state index is -0.208. The van der Waals surface area contributed by atoms with Crippen molar-refractivity contribution >= 4 is 6.09 Å². The minimum Gasteiger partial charge on any atom is -0.448 e. The average molecular weight is 373 g/mol. The molecule has 142 valence electrons. The second-order valence-corrected chi connectivity index (χ2v) is 7.51. The zero-order chi connectivity index (χ0) is 18.9. The molecule has 1 fully saturated rings. The van der Waals surface area contributed by atoms with E-state index in [0.717, 1.165) is 12.8 Å². The molecule has 0 N–H and O–H groups in total. The van der Waals surface area contributed by atoms with Gasteiger partial charge in [0.25, 0.3) is 0 Å². The van der Waals surface area contributed by atoms with Crippen LogP contribution < -0.4 is 0 Å². The Balaban J connectivity index is 1.24. The van der Waals surface area contributed by atoms with Crippen LogP contribution in [0.4, 0.5) is 4.79 Å².